The lowest BCUT2D eigenvalue weighted by molar-refractivity contribution is 1.13. The highest BCUT2D eigenvalue weighted by Gasteiger charge is 1.98. The minimum absolute atomic E-state index is 0.194. The molecule has 0 aliphatic rings. The van der Waals surface area contributed by atoms with Gasteiger partial charge >= 0.3 is 0 Å². The molecule has 0 amide bonds. The Labute approximate surface area is 86.3 Å². The summed E-state index contributed by atoms with van der Waals surface area (Å²) in [5.74, 6) is 1.88. The molecular formula is C7H11ClN4S. The van der Waals surface area contributed by atoms with Crippen LogP contribution in [0.1, 0.15) is 0 Å². The van der Waals surface area contributed by atoms with Crippen LogP contribution in [0.2, 0.25) is 5.15 Å². The Balaban J connectivity index is 2.56. The molecule has 0 fully saturated rings. The van der Waals surface area contributed by atoms with Crippen molar-refractivity contribution in [1.82, 2.24) is 9.97 Å². The predicted octanol–water partition coefficient (Wildman–Crippen LogP) is 1.49. The highest BCUT2D eigenvalue weighted by Crippen LogP contribution is 2.12. The van der Waals surface area contributed by atoms with Crippen molar-refractivity contribution in [2.24, 2.45) is 0 Å². The Bertz CT molecular complexity index is 261. The number of hydrogen-bond acceptors (Lipinski definition) is 5. The van der Waals surface area contributed by atoms with Crippen LogP contribution in [-0.2, 0) is 0 Å². The van der Waals surface area contributed by atoms with Gasteiger partial charge in [0.25, 0.3) is 0 Å². The summed E-state index contributed by atoms with van der Waals surface area (Å²) in [4.78, 5) is 7.72. The van der Waals surface area contributed by atoms with E-state index in [2.05, 4.69) is 15.3 Å². The third kappa shape index (κ3) is 3.69. The molecular weight excluding hydrogens is 208 g/mol. The maximum atomic E-state index is 5.69. The summed E-state index contributed by atoms with van der Waals surface area (Å²) >= 11 is 7.45. The van der Waals surface area contributed by atoms with E-state index in [9.17, 15) is 0 Å². The van der Waals surface area contributed by atoms with Crippen molar-refractivity contribution in [3.63, 3.8) is 0 Å². The zero-order valence-electron chi connectivity index (χ0n) is 7.25. The van der Waals surface area contributed by atoms with Crippen LogP contribution in [0.4, 0.5) is 11.8 Å². The topological polar surface area (TPSA) is 63.8 Å². The SMILES string of the molecule is CSCCNc1cc(Cl)nc(N)n1. The quantitative estimate of drug-likeness (QED) is 0.592. The molecule has 1 heterocycles. The second-order valence-corrected chi connectivity index (χ2v) is 3.73. The van der Waals surface area contributed by atoms with E-state index in [0.717, 1.165) is 12.3 Å². The van der Waals surface area contributed by atoms with Crippen LogP contribution in [0, 0.1) is 0 Å². The average Bonchev–Trinajstić information content (AvgIpc) is 2.03. The van der Waals surface area contributed by atoms with Gasteiger partial charge in [0.05, 0.1) is 0 Å². The molecule has 0 aliphatic heterocycles. The first kappa shape index (κ1) is 10.4. The molecule has 0 saturated heterocycles. The van der Waals surface area contributed by atoms with Crippen molar-refractivity contribution in [2.75, 3.05) is 29.6 Å². The summed E-state index contributed by atoms with van der Waals surface area (Å²) < 4.78 is 0. The number of nitrogens with one attached hydrogen (secondary N) is 1. The minimum Gasteiger partial charge on any atom is -0.369 e. The van der Waals surface area contributed by atoms with Gasteiger partial charge in [-0.25, -0.2) is 4.98 Å². The van der Waals surface area contributed by atoms with Crippen molar-refractivity contribution >= 4 is 35.1 Å². The summed E-state index contributed by atoms with van der Waals surface area (Å²) in [5, 5.41) is 3.45. The van der Waals surface area contributed by atoms with Crippen molar-refractivity contribution < 1.29 is 0 Å². The normalized spacial score (nSPS) is 10.0. The Morgan fingerprint density at radius 3 is 3.00 bits per heavy atom. The molecule has 0 unspecified atom stereocenters. The lowest BCUT2D eigenvalue weighted by atomic mass is 10.5. The number of nitrogens with two attached hydrogens (primary N) is 1. The Morgan fingerprint density at radius 1 is 1.62 bits per heavy atom. The Hall–Kier alpha value is -0.680. The van der Waals surface area contributed by atoms with Crippen LogP contribution >= 0.6 is 23.4 Å². The number of nitrogens with zero attached hydrogens (tertiary/aromatic N) is 2. The number of halogens is 1. The van der Waals surface area contributed by atoms with Gasteiger partial charge in [0.15, 0.2) is 0 Å². The molecule has 0 saturated carbocycles. The largest absolute Gasteiger partial charge is 0.369 e. The Morgan fingerprint density at radius 2 is 2.38 bits per heavy atom. The summed E-state index contributed by atoms with van der Waals surface area (Å²) in [6.07, 6.45) is 2.04. The number of aromatic nitrogens is 2. The van der Waals surface area contributed by atoms with Crippen LogP contribution in [0.15, 0.2) is 6.07 Å². The van der Waals surface area contributed by atoms with Gasteiger partial charge in [-0.05, 0) is 6.26 Å². The fraction of sp³-hybridized carbons (Fsp3) is 0.429. The highest BCUT2D eigenvalue weighted by atomic mass is 35.5. The van der Waals surface area contributed by atoms with Gasteiger partial charge in [0.2, 0.25) is 5.95 Å². The zero-order chi connectivity index (χ0) is 9.68. The maximum Gasteiger partial charge on any atom is 0.223 e. The van der Waals surface area contributed by atoms with E-state index in [0.29, 0.717) is 11.0 Å². The second kappa shape index (κ2) is 5.14. The van der Waals surface area contributed by atoms with Gasteiger partial charge in [-0.15, -0.1) is 0 Å². The lowest BCUT2D eigenvalue weighted by Crippen LogP contribution is -2.07. The standard InChI is InChI=1S/C7H11ClN4S/c1-13-3-2-10-6-4-5(8)11-7(9)12-6/h4H,2-3H2,1H3,(H3,9,10,11,12). The van der Waals surface area contributed by atoms with E-state index in [4.69, 9.17) is 17.3 Å². The summed E-state index contributed by atoms with van der Waals surface area (Å²) in [6, 6.07) is 1.65. The van der Waals surface area contributed by atoms with E-state index in [1.165, 1.54) is 0 Å². The molecule has 0 spiro atoms. The number of thioether (sulfide) groups is 1. The van der Waals surface area contributed by atoms with Crippen LogP contribution in [0.3, 0.4) is 0 Å². The molecule has 72 valence electrons. The maximum absolute atomic E-state index is 5.69. The van der Waals surface area contributed by atoms with E-state index < -0.39 is 0 Å². The van der Waals surface area contributed by atoms with E-state index in [1.807, 2.05) is 6.26 Å². The molecule has 1 rings (SSSR count). The molecule has 0 aliphatic carbocycles. The number of rotatable bonds is 4. The van der Waals surface area contributed by atoms with Gasteiger partial charge in [-0.3, -0.25) is 0 Å². The van der Waals surface area contributed by atoms with Crippen molar-refractivity contribution in [1.29, 1.82) is 0 Å². The first-order valence-corrected chi connectivity index (χ1v) is 5.52. The monoisotopic (exact) mass is 218 g/mol. The first-order valence-electron chi connectivity index (χ1n) is 3.75. The van der Waals surface area contributed by atoms with Gasteiger partial charge in [0.1, 0.15) is 11.0 Å². The third-order valence-electron chi connectivity index (χ3n) is 1.32. The average molecular weight is 219 g/mol. The van der Waals surface area contributed by atoms with Crippen molar-refractivity contribution in [3.05, 3.63) is 11.2 Å². The third-order valence-corrected chi connectivity index (χ3v) is 2.13. The van der Waals surface area contributed by atoms with Crippen molar-refractivity contribution in [2.45, 2.75) is 0 Å². The van der Waals surface area contributed by atoms with Crippen molar-refractivity contribution in [3.8, 4) is 0 Å². The Kier molecular flexibility index (Phi) is 4.11. The minimum atomic E-state index is 0.194. The van der Waals surface area contributed by atoms with Crippen LogP contribution < -0.4 is 11.1 Å². The lowest BCUT2D eigenvalue weighted by Gasteiger charge is -2.04. The molecule has 0 atom stereocenters. The number of anilines is 2. The van der Waals surface area contributed by atoms with Gasteiger partial charge in [-0.2, -0.15) is 16.7 Å². The number of hydrogen-bond donors (Lipinski definition) is 2. The predicted molar refractivity (Wildman–Crippen MR) is 58.3 cm³/mol. The molecule has 13 heavy (non-hydrogen) atoms. The van der Waals surface area contributed by atoms with E-state index in [-0.39, 0.29) is 5.95 Å². The molecule has 0 radical (unpaired) electrons. The van der Waals surface area contributed by atoms with Crippen LogP contribution in [-0.4, -0.2) is 28.5 Å². The molecule has 0 aromatic carbocycles. The van der Waals surface area contributed by atoms with E-state index in [1.54, 1.807) is 17.8 Å². The molecule has 0 bridgehead atoms. The highest BCUT2D eigenvalue weighted by molar-refractivity contribution is 7.98. The van der Waals surface area contributed by atoms with Gasteiger partial charge < -0.3 is 11.1 Å². The second-order valence-electron chi connectivity index (χ2n) is 2.35. The zero-order valence-corrected chi connectivity index (χ0v) is 8.82. The summed E-state index contributed by atoms with van der Waals surface area (Å²) in [6.45, 7) is 0.841. The van der Waals surface area contributed by atoms with Gasteiger partial charge in [0, 0.05) is 18.4 Å². The molecule has 4 nitrogen and oxygen atoms in total. The van der Waals surface area contributed by atoms with E-state index >= 15 is 0 Å². The molecule has 1 aromatic heterocycles. The smallest absolute Gasteiger partial charge is 0.223 e. The summed E-state index contributed by atoms with van der Waals surface area (Å²) in [7, 11) is 0. The van der Waals surface area contributed by atoms with Gasteiger partial charge in [-0.1, -0.05) is 11.6 Å². The molecule has 6 heteroatoms. The molecule has 1 aromatic rings. The first-order chi connectivity index (χ1) is 6.22. The molecule has 3 N–H and O–H groups in total. The summed E-state index contributed by atoms with van der Waals surface area (Å²) in [5.41, 5.74) is 5.41. The number of nitrogen functional groups attached to an aromatic ring is 1. The fourth-order valence-corrected chi connectivity index (χ4v) is 1.30. The van der Waals surface area contributed by atoms with Crippen LogP contribution in [0.5, 0.6) is 0 Å². The fourth-order valence-electron chi connectivity index (χ4n) is 0.807. The van der Waals surface area contributed by atoms with Crippen LogP contribution in [0.25, 0.3) is 0 Å².